The van der Waals surface area contributed by atoms with Crippen molar-refractivity contribution in [3.63, 3.8) is 0 Å². The summed E-state index contributed by atoms with van der Waals surface area (Å²) >= 11 is 0. The Balaban J connectivity index is 1.42. The number of nitrogens with one attached hydrogen (secondary N) is 2. The van der Waals surface area contributed by atoms with Crippen molar-refractivity contribution in [2.24, 2.45) is 0 Å². The van der Waals surface area contributed by atoms with Gasteiger partial charge in [0.1, 0.15) is 5.76 Å². The molecule has 29 heavy (non-hydrogen) atoms. The zero-order valence-corrected chi connectivity index (χ0v) is 16.3. The Bertz CT molecular complexity index is 927. The van der Waals surface area contributed by atoms with Crippen molar-refractivity contribution in [3.05, 3.63) is 47.9 Å². The van der Waals surface area contributed by atoms with Gasteiger partial charge in [0, 0.05) is 12.8 Å². The lowest BCUT2D eigenvalue weighted by Crippen LogP contribution is -2.41. The monoisotopic (exact) mass is 401 g/mol. The molecular formula is C19H23N5O5. The summed E-state index contributed by atoms with van der Waals surface area (Å²) in [6, 6.07) is 6.75. The number of aromatic nitrogens is 2. The van der Waals surface area contributed by atoms with Crippen LogP contribution < -0.4 is 10.9 Å². The lowest BCUT2D eigenvalue weighted by Gasteiger charge is -2.15. The van der Waals surface area contributed by atoms with Crippen LogP contribution in [0.5, 0.6) is 0 Å². The summed E-state index contributed by atoms with van der Waals surface area (Å²) in [5.74, 6) is 0.993. The highest BCUT2D eigenvalue weighted by Crippen LogP contribution is 2.16. The van der Waals surface area contributed by atoms with Gasteiger partial charge in [0.05, 0.1) is 12.8 Å². The second-order valence-electron chi connectivity index (χ2n) is 6.22. The fourth-order valence-electron chi connectivity index (χ4n) is 2.59. The lowest BCUT2D eigenvalue weighted by molar-refractivity contribution is -0.121. The van der Waals surface area contributed by atoms with E-state index in [1.54, 1.807) is 24.3 Å². The molecule has 0 spiro atoms. The van der Waals surface area contributed by atoms with Gasteiger partial charge in [-0.3, -0.25) is 25.3 Å². The van der Waals surface area contributed by atoms with E-state index in [0.717, 1.165) is 13.1 Å². The van der Waals surface area contributed by atoms with E-state index in [4.69, 9.17) is 13.4 Å². The number of carbonyl (C=O) groups is 2. The first-order valence-corrected chi connectivity index (χ1v) is 9.35. The molecule has 0 atom stereocenters. The van der Waals surface area contributed by atoms with Crippen LogP contribution in [0.25, 0.3) is 11.6 Å². The highest BCUT2D eigenvalue weighted by Gasteiger charge is 2.15. The van der Waals surface area contributed by atoms with Gasteiger partial charge in [-0.25, -0.2) is 0 Å². The third-order valence-corrected chi connectivity index (χ3v) is 4.25. The Hall–Kier alpha value is -3.40. The molecule has 10 heteroatoms. The molecule has 3 heterocycles. The Kier molecular flexibility index (Phi) is 6.80. The molecule has 0 fully saturated rings. The molecule has 0 aromatic carbocycles. The largest absolute Gasteiger partial charge is 0.461 e. The fraction of sp³-hybridized carbons (Fsp3) is 0.368. The van der Waals surface area contributed by atoms with E-state index in [-0.39, 0.29) is 18.6 Å². The van der Waals surface area contributed by atoms with Crippen molar-refractivity contribution in [2.45, 2.75) is 33.2 Å². The van der Waals surface area contributed by atoms with Crippen molar-refractivity contribution in [2.75, 3.05) is 13.1 Å². The third kappa shape index (κ3) is 5.55. The molecule has 2 N–H and O–H groups in total. The summed E-state index contributed by atoms with van der Waals surface area (Å²) in [6.45, 7) is 6.51. The summed E-state index contributed by atoms with van der Waals surface area (Å²) in [7, 11) is 0. The fourth-order valence-corrected chi connectivity index (χ4v) is 2.59. The molecule has 0 bridgehead atoms. The van der Waals surface area contributed by atoms with Crippen molar-refractivity contribution in [1.29, 1.82) is 0 Å². The van der Waals surface area contributed by atoms with Crippen molar-refractivity contribution < 1.29 is 22.9 Å². The van der Waals surface area contributed by atoms with Crippen LogP contribution in [0.3, 0.4) is 0 Å². The second-order valence-corrected chi connectivity index (χ2v) is 6.22. The van der Waals surface area contributed by atoms with E-state index in [0.29, 0.717) is 29.8 Å². The van der Waals surface area contributed by atoms with E-state index < -0.39 is 11.8 Å². The molecule has 154 valence electrons. The van der Waals surface area contributed by atoms with E-state index in [9.17, 15) is 9.59 Å². The molecule has 10 nitrogen and oxygen atoms in total. The van der Waals surface area contributed by atoms with Crippen molar-refractivity contribution >= 4 is 11.8 Å². The molecule has 0 radical (unpaired) electrons. The Labute approximate surface area is 167 Å². The molecule has 0 aliphatic rings. The Morgan fingerprint density at radius 3 is 2.69 bits per heavy atom. The van der Waals surface area contributed by atoms with Crippen LogP contribution in [0, 0.1) is 0 Å². The van der Waals surface area contributed by atoms with Crippen LogP contribution in [-0.2, 0) is 17.8 Å². The zero-order chi connectivity index (χ0) is 20.6. The number of aryl methyl sites for hydroxylation is 1. The maximum Gasteiger partial charge on any atom is 0.305 e. The van der Waals surface area contributed by atoms with E-state index >= 15 is 0 Å². The van der Waals surface area contributed by atoms with Crippen LogP contribution in [-0.4, -0.2) is 39.9 Å². The minimum Gasteiger partial charge on any atom is -0.461 e. The first kappa shape index (κ1) is 20.3. The molecule has 3 aromatic rings. The first-order valence-electron chi connectivity index (χ1n) is 9.35. The van der Waals surface area contributed by atoms with Gasteiger partial charge >= 0.3 is 5.91 Å². The van der Waals surface area contributed by atoms with Gasteiger partial charge in [-0.05, 0) is 37.4 Å². The van der Waals surface area contributed by atoms with E-state index in [1.165, 1.54) is 6.26 Å². The summed E-state index contributed by atoms with van der Waals surface area (Å²) in [5, 5.41) is 3.79. The molecule has 0 saturated carbocycles. The topological polar surface area (TPSA) is 127 Å². The van der Waals surface area contributed by atoms with E-state index in [1.807, 2.05) is 0 Å². The number of hydrogen-bond acceptors (Lipinski definition) is 8. The minimum atomic E-state index is -0.526. The van der Waals surface area contributed by atoms with Crippen LogP contribution in [0.4, 0.5) is 0 Å². The number of amides is 2. The Morgan fingerprint density at radius 1 is 1.14 bits per heavy atom. The van der Waals surface area contributed by atoms with Gasteiger partial charge in [0.15, 0.2) is 11.5 Å². The van der Waals surface area contributed by atoms with Crippen LogP contribution >= 0.6 is 0 Å². The van der Waals surface area contributed by atoms with Gasteiger partial charge in [0.25, 0.3) is 0 Å². The van der Waals surface area contributed by atoms with Crippen LogP contribution in [0.1, 0.15) is 42.5 Å². The summed E-state index contributed by atoms with van der Waals surface area (Å²) < 4.78 is 15.8. The number of hydrogen-bond donors (Lipinski definition) is 2. The predicted molar refractivity (Wildman–Crippen MR) is 101 cm³/mol. The first-order chi connectivity index (χ1) is 14.1. The molecule has 3 aromatic heterocycles. The smallest absolute Gasteiger partial charge is 0.305 e. The van der Waals surface area contributed by atoms with Crippen LogP contribution in [0.2, 0.25) is 0 Å². The number of hydrazine groups is 1. The van der Waals surface area contributed by atoms with Gasteiger partial charge in [-0.15, -0.1) is 0 Å². The zero-order valence-electron chi connectivity index (χ0n) is 16.3. The molecule has 0 unspecified atom stereocenters. The van der Waals surface area contributed by atoms with Gasteiger partial charge in [-0.1, -0.05) is 19.0 Å². The van der Waals surface area contributed by atoms with Crippen molar-refractivity contribution in [3.8, 4) is 11.6 Å². The summed E-state index contributed by atoms with van der Waals surface area (Å²) in [6.07, 6.45) is 1.79. The van der Waals surface area contributed by atoms with Crippen molar-refractivity contribution in [1.82, 2.24) is 25.9 Å². The number of furan rings is 2. The van der Waals surface area contributed by atoms with Crippen LogP contribution in [0.15, 0.2) is 43.9 Å². The second kappa shape index (κ2) is 9.69. The number of rotatable bonds is 9. The lowest BCUT2D eigenvalue weighted by atomic mass is 10.3. The van der Waals surface area contributed by atoms with Gasteiger partial charge < -0.3 is 13.4 Å². The summed E-state index contributed by atoms with van der Waals surface area (Å²) in [5.41, 5.74) is 4.67. The SMILES string of the molecule is CCN(CC)Cc1ccc(C(=O)NNC(=O)CCc2nc(-c3ccco3)no2)o1. The molecule has 0 aliphatic heterocycles. The number of carbonyl (C=O) groups excluding carboxylic acids is 2. The normalized spacial score (nSPS) is 11.0. The average molecular weight is 401 g/mol. The van der Waals surface area contributed by atoms with Gasteiger partial charge in [-0.2, -0.15) is 4.98 Å². The highest BCUT2D eigenvalue weighted by molar-refractivity contribution is 5.92. The maximum absolute atomic E-state index is 12.1. The predicted octanol–water partition coefficient (Wildman–Crippen LogP) is 2.16. The summed E-state index contributed by atoms with van der Waals surface area (Å²) in [4.78, 5) is 30.4. The number of nitrogens with zero attached hydrogens (tertiary/aromatic N) is 3. The Morgan fingerprint density at radius 2 is 1.97 bits per heavy atom. The quantitative estimate of drug-likeness (QED) is 0.522. The standard InChI is InChI=1S/C19H23N5O5/c1-3-24(4-2)12-13-7-8-15(28-13)19(26)22-21-16(25)9-10-17-20-18(23-29-17)14-6-5-11-27-14/h5-8,11H,3-4,9-10,12H2,1-2H3,(H,21,25)(H,22,26). The molecule has 0 saturated heterocycles. The van der Waals surface area contributed by atoms with E-state index in [2.05, 4.69) is 39.7 Å². The minimum absolute atomic E-state index is 0.0609. The highest BCUT2D eigenvalue weighted by atomic mass is 16.5. The molecular weight excluding hydrogens is 378 g/mol. The third-order valence-electron chi connectivity index (χ3n) is 4.25. The molecule has 3 rings (SSSR count). The molecule has 2 amide bonds. The molecule has 0 aliphatic carbocycles. The maximum atomic E-state index is 12.1. The average Bonchev–Trinajstić information content (AvgIpc) is 3.49. The van der Waals surface area contributed by atoms with Gasteiger partial charge in [0.2, 0.25) is 17.6 Å².